The van der Waals surface area contributed by atoms with E-state index in [1.54, 1.807) is 0 Å². The number of aromatic nitrogens is 2. The standard InChI is InChI=1S/C18H19N3O2/c22-17(10-1-2-10)19-15-8-6-12-9-13(5-7-14(12)15)16-20-18(23-21-16)11-3-4-11/h5,7,9-11,15H,1-4,6,8H2,(H,19,22)/t15-/m1/s1. The molecular weight excluding hydrogens is 290 g/mol. The Balaban J connectivity index is 1.38. The van der Waals surface area contributed by atoms with E-state index in [1.807, 2.05) is 6.07 Å². The Hall–Kier alpha value is -2.17. The molecule has 0 aliphatic heterocycles. The summed E-state index contributed by atoms with van der Waals surface area (Å²) in [5, 5.41) is 7.31. The summed E-state index contributed by atoms with van der Waals surface area (Å²) in [5.74, 6) is 2.42. The van der Waals surface area contributed by atoms with E-state index in [-0.39, 0.29) is 17.9 Å². The second-order valence-electron chi connectivity index (χ2n) is 7.02. The van der Waals surface area contributed by atoms with Crippen molar-refractivity contribution in [2.75, 3.05) is 0 Å². The second kappa shape index (κ2) is 4.91. The van der Waals surface area contributed by atoms with Gasteiger partial charge >= 0.3 is 0 Å². The van der Waals surface area contributed by atoms with Gasteiger partial charge < -0.3 is 9.84 Å². The third kappa shape index (κ3) is 2.44. The molecule has 1 aromatic carbocycles. The first kappa shape index (κ1) is 13.3. The van der Waals surface area contributed by atoms with Crippen molar-refractivity contribution in [2.45, 2.75) is 50.5 Å². The van der Waals surface area contributed by atoms with Crippen LogP contribution in [0.15, 0.2) is 22.7 Å². The molecular formula is C18H19N3O2. The molecule has 3 aliphatic rings. The maximum Gasteiger partial charge on any atom is 0.230 e. The van der Waals surface area contributed by atoms with Crippen molar-refractivity contribution in [3.05, 3.63) is 35.2 Å². The molecule has 1 N–H and O–H groups in total. The smallest absolute Gasteiger partial charge is 0.230 e. The van der Waals surface area contributed by atoms with Crippen molar-refractivity contribution in [3.63, 3.8) is 0 Å². The van der Waals surface area contributed by atoms with Crippen LogP contribution >= 0.6 is 0 Å². The minimum Gasteiger partial charge on any atom is -0.349 e. The molecule has 5 rings (SSSR count). The molecule has 5 nitrogen and oxygen atoms in total. The van der Waals surface area contributed by atoms with Gasteiger partial charge in [0.2, 0.25) is 17.6 Å². The Bertz CT molecular complexity index is 774. The zero-order valence-electron chi connectivity index (χ0n) is 12.9. The van der Waals surface area contributed by atoms with Gasteiger partial charge in [-0.2, -0.15) is 4.98 Å². The van der Waals surface area contributed by atoms with Crippen LogP contribution in [0.1, 0.15) is 61.1 Å². The van der Waals surface area contributed by atoms with Gasteiger partial charge in [0, 0.05) is 17.4 Å². The molecule has 0 spiro atoms. The molecule has 2 saturated carbocycles. The molecule has 23 heavy (non-hydrogen) atoms. The number of amides is 1. The lowest BCUT2D eigenvalue weighted by Gasteiger charge is -2.14. The number of hydrogen-bond donors (Lipinski definition) is 1. The van der Waals surface area contributed by atoms with Crippen LogP contribution in [-0.4, -0.2) is 16.0 Å². The molecule has 1 aromatic heterocycles. The molecule has 2 fully saturated rings. The number of benzene rings is 1. The van der Waals surface area contributed by atoms with E-state index in [0.29, 0.717) is 11.7 Å². The first-order chi connectivity index (χ1) is 11.3. The van der Waals surface area contributed by atoms with Gasteiger partial charge in [-0.3, -0.25) is 4.79 Å². The van der Waals surface area contributed by atoms with Gasteiger partial charge in [-0.1, -0.05) is 17.3 Å². The molecule has 2 aromatic rings. The predicted octanol–water partition coefficient (Wildman–Crippen LogP) is 3.13. The average Bonchev–Trinajstić information content (AvgIpc) is 3.50. The number of aryl methyl sites for hydroxylation is 1. The van der Waals surface area contributed by atoms with E-state index in [4.69, 9.17) is 4.52 Å². The lowest BCUT2D eigenvalue weighted by molar-refractivity contribution is -0.123. The summed E-state index contributed by atoms with van der Waals surface area (Å²) in [5.41, 5.74) is 3.54. The molecule has 0 radical (unpaired) electrons. The van der Waals surface area contributed by atoms with E-state index in [9.17, 15) is 4.79 Å². The summed E-state index contributed by atoms with van der Waals surface area (Å²) in [7, 11) is 0. The van der Waals surface area contributed by atoms with Crippen LogP contribution in [0.2, 0.25) is 0 Å². The number of nitrogens with zero attached hydrogens (tertiary/aromatic N) is 2. The van der Waals surface area contributed by atoms with Crippen LogP contribution in [0.25, 0.3) is 11.4 Å². The van der Waals surface area contributed by atoms with Crippen LogP contribution in [0.3, 0.4) is 0 Å². The molecule has 1 atom stereocenters. The molecule has 5 heteroatoms. The van der Waals surface area contributed by atoms with Crippen molar-refractivity contribution < 1.29 is 9.32 Å². The van der Waals surface area contributed by atoms with Crippen molar-refractivity contribution in [1.29, 1.82) is 0 Å². The summed E-state index contributed by atoms with van der Waals surface area (Å²) < 4.78 is 5.35. The quantitative estimate of drug-likeness (QED) is 0.942. The number of rotatable bonds is 4. The van der Waals surface area contributed by atoms with Crippen LogP contribution in [0, 0.1) is 5.92 Å². The van der Waals surface area contributed by atoms with Crippen molar-refractivity contribution >= 4 is 5.91 Å². The second-order valence-corrected chi connectivity index (χ2v) is 7.02. The maximum absolute atomic E-state index is 12.0. The Morgan fingerprint density at radius 3 is 2.83 bits per heavy atom. The van der Waals surface area contributed by atoms with Gasteiger partial charge in [0.05, 0.1) is 6.04 Å². The number of nitrogens with one attached hydrogen (secondary N) is 1. The Morgan fingerprint density at radius 1 is 1.17 bits per heavy atom. The topological polar surface area (TPSA) is 68.0 Å². The fourth-order valence-corrected chi connectivity index (χ4v) is 3.39. The average molecular weight is 309 g/mol. The summed E-state index contributed by atoms with van der Waals surface area (Å²) in [4.78, 5) is 16.5. The fourth-order valence-electron chi connectivity index (χ4n) is 3.39. The van der Waals surface area contributed by atoms with Gasteiger partial charge in [-0.25, -0.2) is 0 Å². The summed E-state index contributed by atoms with van der Waals surface area (Å²) >= 11 is 0. The lowest BCUT2D eigenvalue weighted by Crippen LogP contribution is -2.28. The first-order valence-corrected chi connectivity index (χ1v) is 8.55. The van der Waals surface area contributed by atoms with Crippen LogP contribution in [-0.2, 0) is 11.2 Å². The van der Waals surface area contributed by atoms with Crippen molar-refractivity contribution in [2.24, 2.45) is 5.92 Å². The molecule has 0 bridgehead atoms. The highest BCUT2D eigenvalue weighted by molar-refractivity contribution is 5.81. The molecule has 118 valence electrons. The SMILES string of the molecule is O=C(N[C@@H]1CCc2cc(-c3noc(C4CC4)n3)ccc21)C1CC1. The van der Waals surface area contributed by atoms with Gasteiger partial charge in [0.1, 0.15) is 0 Å². The minimum atomic E-state index is 0.166. The monoisotopic (exact) mass is 309 g/mol. The molecule has 1 amide bonds. The number of fused-ring (bicyclic) bond motifs is 1. The first-order valence-electron chi connectivity index (χ1n) is 8.55. The zero-order chi connectivity index (χ0) is 15.4. The van der Waals surface area contributed by atoms with Crippen LogP contribution in [0.4, 0.5) is 0 Å². The van der Waals surface area contributed by atoms with Crippen molar-refractivity contribution in [1.82, 2.24) is 15.5 Å². The van der Waals surface area contributed by atoms with E-state index >= 15 is 0 Å². The highest BCUT2D eigenvalue weighted by Crippen LogP contribution is 2.40. The van der Waals surface area contributed by atoms with E-state index in [0.717, 1.165) is 50.0 Å². The Morgan fingerprint density at radius 2 is 2.04 bits per heavy atom. The third-order valence-corrected chi connectivity index (χ3v) is 5.11. The van der Waals surface area contributed by atoms with Crippen LogP contribution < -0.4 is 5.32 Å². The zero-order valence-corrected chi connectivity index (χ0v) is 12.9. The maximum atomic E-state index is 12.0. The molecule has 0 saturated heterocycles. The Kier molecular flexibility index (Phi) is 2.84. The summed E-state index contributed by atoms with van der Waals surface area (Å²) in [6.45, 7) is 0. The highest BCUT2D eigenvalue weighted by Gasteiger charge is 2.33. The van der Waals surface area contributed by atoms with Crippen molar-refractivity contribution in [3.8, 4) is 11.4 Å². The predicted molar refractivity (Wildman–Crippen MR) is 83.6 cm³/mol. The van der Waals surface area contributed by atoms with E-state index < -0.39 is 0 Å². The van der Waals surface area contributed by atoms with E-state index in [2.05, 4.69) is 27.6 Å². The van der Waals surface area contributed by atoms with Gasteiger partial charge in [-0.15, -0.1) is 0 Å². The van der Waals surface area contributed by atoms with Crippen LogP contribution in [0.5, 0.6) is 0 Å². The number of hydrogen-bond acceptors (Lipinski definition) is 4. The Labute approximate surface area is 134 Å². The summed E-state index contributed by atoms with van der Waals surface area (Å²) in [6.07, 6.45) is 6.39. The highest BCUT2D eigenvalue weighted by atomic mass is 16.5. The largest absolute Gasteiger partial charge is 0.349 e. The van der Waals surface area contributed by atoms with Gasteiger partial charge in [-0.05, 0) is 55.7 Å². The third-order valence-electron chi connectivity index (χ3n) is 5.11. The molecule has 3 aliphatic carbocycles. The molecule has 1 heterocycles. The van der Waals surface area contributed by atoms with Gasteiger partial charge in [0.15, 0.2) is 0 Å². The normalized spacial score (nSPS) is 22.9. The fraction of sp³-hybridized carbons (Fsp3) is 0.500. The molecule has 0 unspecified atom stereocenters. The number of carbonyl (C=O) groups is 1. The minimum absolute atomic E-state index is 0.166. The van der Waals surface area contributed by atoms with E-state index in [1.165, 1.54) is 11.1 Å². The lowest BCUT2D eigenvalue weighted by atomic mass is 10.0. The van der Waals surface area contributed by atoms with Gasteiger partial charge in [0.25, 0.3) is 0 Å². The summed E-state index contributed by atoms with van der Waals surface area (Å²) in [6, 6.07) is 6.48. The number of carbonyl (C=O) groups excluding carboxylic acids is 1.